The highest BCUT2D eigenvalue weighted by molar-refractivity contribution is 7.91. The summed E-state index contributed by atoms with van der Waals surface area (Å²) in [5, 5.41) is 6.05. The van der Waals surface area contributed by atoms with E-state index in [1.54, 1.807) is 31.2 Å². The topological polar surface area (TPSA) is 167 Å². The van der Waals surface area contributed by atoms with Gasteiger partial charge in [0.15, 0.2) is 19.7 Å². The number of carbonyl (C=O) groups excluding carboxylic acids is 4. The molecule has 2 unspecified atom stereocenters. The molecule has 2 fully saturated rings. The lowest BCUT2D eigenvalue weighted by Gasteiger charge is -2.36. The molecular weight excluding hydrogens is 705 g/mol. The Kier molecular flexibility index (Phi) is 14.4. The zero-order valence-electron chi connectivity index (χ0n) is 30.8. The van der Waals surface area contributed by atoms with Crippen molar-refractivity contribution in [3.8, 4) is 0 Å². The molecule has 0 aromatic heterocycles. The van der Waals surface area contributed by atoms with Gasteiger partial charge in [0, 0.05) is 14.1 Å². The van der Waals surface area contributed by atoms with Gasteiger partial charge in [-0.05, 0) is 66.5 Å². The van der Waals surface area contributed by atoms with Gasteiger partial charge in [0.25, 0.3) is 11.8 Å². The summed E-state index contributed by atoms with van der Waals surface area (Å²) in [6.07, 6.45) is 9.36. The van der Waals surface area contributed by atoms with Crippen LogP contribution < -0.4 is 10.6 Å². The summed E-state index contributed by atoms with van der Waals surface area (Å²) in [4.78, 5) is 57.3. The summed E-state index contributed by atoms with van der Waals surface area (Å²) in [5.74, 6) is -3.35. The first-order valence-corrected chi connectivity index (χ1v) is 21.8. The van der Waals surface area contributed by atoms with Crippen LogP contribution in [0.4, 0.5) is 9.59 Å². The van der Waals surface area contributed by atoms with Crippen molar-refractivity contribution in [2.45, 2.75) is 113 Å². The second-order valence-corrected chi connectivity index (χ2v) is 18.4. The molecule has 0 radical (unpaired) electrons. The molecule has 0 aliphatic heterocycles. The monoisotopic (exact) mass is 758 g/mol. The van der Waals surface area contributed by atoms with Gasteiger partial charge in [-0.25, -0.2) is 26.4 Å². The second kappa shape index (κ2) is 18.3. The van der Waals surface area contributed by atoms with Crippen LogP contribution in [0.25, 0.3) is 0 Å². The quantitative estimate of drug-likeness (QED) is 0.211. The molecule has 2 aromatic carbocycles. The summed E-state index contributed by atoms with van der Waals surface area (Å²) in [6, 6.07) is 10.2. The van der Waals surface area contributed by atoms with Crippen molar-refractivity contribution in [2.75, 3.05) is 25.6 Å². The van der Waals surface area contributed by atoms with Gasteiger partial charge in [0.1, 0.15) is 0 Å². The maximum Gasteiger partial charge on any atom is 0.343 e. The number of hydrogen-bond acceptors (Lipinski definition) is 8. The van der Waals surface area contributed by atoms with Crippen LogP contribution in [0.2, 0.25) is 0 Å². The molecule has 0 heterocycles. The number of nitrogens with zero attached hydrogens (tertiary/aromatic N) is 2. The zero-order valence-corrected chi connectivity index (χ0v) is 32.4. The van der Waals surface area contributed by atoms with Gasteiger partial charge >= 0.3 is 12.1 Å². The molecule has 6 amide bonds. The average molecular weight is 759 g/mol. The lowest BCUT2D eigenvalue weighted by molar-refractivity contribution is -0.153. The van der Waals surface area contributed by atoms with Crippen molar-refractivity contribution in [3.05, 3.63) is 59.7 Å². The summed E-state index contributed by atoms with van der Waals surface area (Å²) >= 11 is 0. The van der Waals surface area contributed by atoms with Gasteiger partial charge in [0.05, 0.1) is 33.1 Å². The third-order valence-electron chi connectivity index (χ3n) is 10.5. The Labute approximate surface area is 308 Å². The maximum absolute atomic E-state index is 14.8. The summed E-state index contributed by atoms with van der Waals surface area (Å²) in [6.45, 7) is 3.46. The Hall–Kier alpha value is -3.78. The predicted octanol–water partition coefficient (Wildman–Crippen LogP) is 6.33. The van der Waals surface area contributed by atoms with E-state index < -0.39 is 55.4 Å². The Balaban J connectivity index is 1.79. The average Bonchev–Trinajstić information content (AvgIpc) is 3.88. The van der Waals surface area contributed by atoms with E-state index in [-0.39, 0.29) is 33.1 Å². The molecule has 2 atom stereocenters. The largest absolute Gasteiger partial charge is 0.343 e. The van der Waals surface area contributed by atoms with E-state index in [2.05, 4.69) is 10.6 Å². The number of amides is 6. The van der Waals surface area contributed by atoms with Crippen molar-refractivity contribution < 1.29 is 36.0 Å². The third-order valence-corrected chi connectivity index (χ3v) is 14.1. The van der Waals surface area contributed by atoms with Gasteiger partial charge in [-0.15, -0.1) is 0 Å². The fourth-order valence-electron chi connectivity index (χ4n) is 7.44. The van der Waals surface area contributed by atoms with Crippen LogP contribution in [-0.2, 0) is 29.3 Å². The molecule has 2 aliphatic rings. The van der Waals surface area contributed by atoms with Crippen LogP contribution in [0.1, 0.15) is 114 Å². The summed E-state index contributed by atoms with van der Waals surface area (Å²) in [7, 11) is -4.44. The number of rotatable bonds is 14. The lowest BCUT2D eigenvalue weighted by Crippen LogP contribution is -2.61. The van der Waals surface area contributed by atoms with E-state index in [9.17, 15) is 36.0 Å². The number of imide groups is 2. The van der Waals surface area contributed by atoms with Gasteiger partial charge in [-0.1, -0.05) is 95.9 Å². The van der Waals surface area contributed by atoms with Crippen molar-refractivity contribution >= 4 is 43.6 Å². The minimum atomic E-state index is -3.54. The standard InChI is InChI=1S/C38H54N4O8S2/c1-5-7-24-52(49,50)32-22-18-30(19-23-32)34(26-28-14-10-11-15-28)36(44)42(38(46)40-4)41(37(45)39-3)35(43)33(25-27-12-8-9-13-27)29-16-20-31(21-17-29)51(47,48)6-2/h16-23,27-28,33-34H,5-15,24-26H2,1-4H3,(H,39,45)(H,40,46). The highest BCUT2D eigenvalue weighted by atomic mass is 32.2. The number of sulfone groups is 2. The van der Waals surface area contributed by atoms with E-state index in [4.69, 9.17) is 0 Å². The molecule has 2 aliphatic carbocycles. The van der Waals surface area contributed by atoms with Crippen molar-refractivity contribution in [1.29, 1.82) is 0 Å². The molecule has 0 spiro atoms. The summed E-state index contributed by atoms with van der Waals surface area (Å²) < 4.78 is 51.0. The summed E-state index contributed by atoms with van der Waals surface area (Å²) in [5.41, 5.74) is 0.937. The van der Waals surface area contributed by atoms with Gasteiger partial charge < -0.3 is 10.6 Å². The first-order valence-electron chi connectivity index (χ1n) is 18.5. The Morgan fingerprint density at radius 1 is 0.635 bits per heavy atom. The Bertz CT molecular complexity index is 1770. The number of hydrazine groups is 1. The van der Waals surface area contributed by atoms with Crippen molar-refractivity contribution in [3.63, 3.8) is 0 Å². The number of benzene rings is 2. The van der Waals surface area contributed by atoms with Crippen LogP contribution >= 0.6 is 0 Å². The molecule has 4 rings (SSSR count). The smallest absolute Gasteiger partial charge is 0.339 e. The molecule has 2 N–H and O–H groups in total. The molecule has 12 nitrogen and oxygen atoms in total. The van der Waals surface area contributed by atoms with Crippen molar-refractivity contribution in [1.82, 2.24) is 20.7 Å². The van der Waals surface area contributed by atoms with Crippen LogP contribution in [0.5, 0.6) is 0 Å². The Morgan fingerprint density at radius 3 is 1.33 bits per heavy atom. The highest BCUT2D eigenvalue weighted by Crippen LogP contribution is 2.38. The van der Waals surface area contributed by atoms with E-state index in [0.29, 0.717) is 40.4 Å². The molecule has 52 heavy (non-hydrogen) atoms. The maximum atomic E-state index is 14.8. The second-order valence-electron chi connectivity index (χ2n) is 14.0. The van der Waals surface area contributed by atoms with E-state index in [1.807, 2.05) is 6.92 Å². The first kappa shape index (κ1) is 41.0. The number of urea groups is 2. The zero-order chi connectivity index (χ0) is 38.1. The molecule has 286 valence electrons. The number of nitrogens with one attached hydrogen (secondary N) is 2. The molecular formula is C38H54N4O8S2. The first-order chi connectivity index (χ1) is 24.8. The number of unbranched alkanes of at least 4 members (excludes halogenated alkanes) is 1. The normalized spacial score (nSPS) is 16.6. The van der Waals surface area contributed by atoms with Crippen LogP contribution in [0.15, 0.2) is 58.3 Å². The third kappa shape index (κ3) is 9.80. The number of hydrogen-bond donors (Lipinski definition) is 2. The molecule has 0 bridgehead atoms. The van der Waals surface area contributed by atoms with Crippen LogP contribution in [0.3, 0.4) is 0 Å². The Morgan fingerprint density at radius 2 is 1.00 bits per heavy atom. The molecule has 2 saturated carbocycles. The minimum absolute atomic E-state index is 0.0000959. The van der Waals surface area contributed by atoms with Gasteiger partial charge in [-0.3, -0.25) is 9.59 Å². The van der Waals surface area contributed by atoms with E-state index in [1.165, 1.54) is 38.4 Å². The highest BCUT2D eigenvalue weighted by Gasteiger charge is 2.43. The van der Waals surface area contributed by atoms with Gasteiger partial charge in [-0.2, -0.15) is 10.0 Å². The SMILES string of the molecule is CCCCS(=O)(=O)c1ccc(C(CC2CCCC2)C(=O)N(C(=O)NC)N(C(=O)NC)C(=O)C(CC2CCCC2)c2ccc(S(=O)(=O)CC)cc2)cc1. The molecule has 0 saturated heterocycles. The van der Waals surface area contributed by atoms with Gasteiger partial charge in [0.2, 0.25) is 0 Å². The minimum Gasteiger partial charge on any atom is -0.339 e. The fourth-order valence-corrected chi connectivity index (χ4v) is 9.78. The lowest BCUT2D eigenvalue weighted by atomic mass is 9.86. The van der Waals surface area contributed by atoms with Crippen LogP contribution in [0, 0.1) is 11.8 Å². The van der Waals surface area contributed by atoms with Crippen LogP contribution in [-0.4, -0.2) is 76.3 Å². The van der Waals surface area contributed by atoms with Crippen molar-refractivity contribution in [2.24, 2.45) is 11.8 Å². The number of carbonyl (C=O) groups is 4. The molecule has 14 heteroatoms. The van der Waals surface area contributed by atoms with E-state index in [0.717, 1.165) is 57.8 Å². The molecule has 2 aromatic rings. The predicted molar refractivity (Wildman–Crippen MR) is 199 cm³/mol. The van der Waals surface area contributed by atoms with E-state index >= 15 is 0 Å². The fraction of sp³-hybridized carbons (Fsp3) is 0.579.